The summed E-state index contributed by atoms with van der Waals surface area (Å²) >= 11 is 18.1. The Labute approximate surface area is 222 Å². The minimum absolute atomic E-state index is 0.00882. The Morgan fingerprint density at radius 2 is 1.40 bits per heavy atom. The molecule has 3 aromatic rings. The number of hydrogen-bond donors (Lipinski definition) is 1. The lowest BCUT2D eigenvalue weighted by molar-refractivity contribution is 0.285. The molecular formula is C27H32Cl3N3O2. The maximum Gasteiger partial charge on any atom is 0.320 e. The van der Waals surface area contributed by atoms with Crippen molar-refractivity contribution in [2.24, 2.45) is 0 Å². The van der Waals surface area contributed by atoms with Crippen LogP contribution in [-0.2, 0) is 21.0 Å². The first kappa shape index (κ1) is 27.5. The molecule has 0 aliphatic heterocycles. The highest BCUT2D eigenvalue weighted by Crippen LogP contribution is 2.40. The van der Waals surface area contributed by atoms with Gasteiger partial charge in [0.15, 0.2) is 11.6 Å². The van der Waals surface area contributed by atoms with Crippen LogP contribution in [0.2, 0.25) is 0 Å². The largest absolute Gasteiger partial charge is 0.507 e. The Balaban J connectivity index is 1.79. The molecule has 0 aliphatic rings. The number of phenolic OH excluding ortho intramolecular Hbond substituents is 1. The van der Waals surface area contributed by atoms with Crippen molar-refractivity contribution < 1.29 is 9.84 Å². The number of phenols is 1. The van der Waals surface area contributed by atoms with Gasteiger partial charge in [-0.25, -0.2) is 4.98 Å². The van der Waals surface area contributed by atoms with Crippen LogP contribution < -0.4 is 4.74 Å². The molecule has 1 heterocycles. The summed E-state index contributed by atoms with van der Waals surface area (Å²) in [5, 5.41) is 10.9. The van der Waals surface area contributed by atoms with Gasteiger partial charge < -0.3 is 9.84 Å². The highest BCUT2D eigenvalue weighted by Gasteiger charge is 2.29. The van der Waals surface area contributed by atoms with Crippen LogP contribution in [0.5, 0.6) is 11.8 Å². The molecule has 0 atom stereocenters. The van der Waals surface area contributed by atoms with E-state index in [4.69, 9.17) is 39.5 Å². The van der Waals surface area contributed by atoms with Gasteiger partial charge in [-0.2, -0.15) is 9.97 Å². The number of alkyl halides is 3. The van der Waals surface area contributed by atoms with Gasteiger partial charge in [-0.1, -0.05) is 119 Å². The van der Waals surface area contributed by atoms with Crippen molar-refractivity contribution in [2.75, 3.05) is 6.61 Å². The molecule has 3 rings (SSSR count). The molecule has 2 aromatic carbocycles. The van der Waals surface area contributed by atoms with E-state index < -0.39 is 3.79 Å². The molecule has 35 heavy (non-hydrogen) atoms. The van der Waals surface area contributed by atoms with Crippen molar-refractivity contribution in [1.29, 1.82) is 0 Å². The van der Waals surface area contributed by atoms with Gasteiger partial charge in [0.1, 0.15) is 5.75 Å². The fourth-order valence-corrected chi connectivity index (χ4v) is 3.94. The van der Waals surface area contributed by atoms with E-state index in [1.54, 1.807) is 0 Å². The first-order chi connectivity index (χ1) is 16.2. The zero-order chi connectivity index (χ0) is 26.0. The van der Waals surface area contributed by atoms with E-state index in [0.29, 0.717) is 24.6 Å². The smallest absolute Gasteiger partial charge is 0.320 e. The van der Waals surface area contributed by atoms with E-state index in [2.05, 4.69) is 68.6 Å². The second-order valence-corrected chi connectivity index (χ2v) is 12.9. The number of halogens is 3. The molecule has 0 bridgehead atoms. The highest BCUT2D eigenvalue weighted by atomic mass is 35.6. The van der Waals surface area contributed by atoms with Crippen LogP contribution in [0.1, 0.15) is 70.5 Å². The van der Waals surface area contributed by atoms with Crippen molar-refractivity contribution >= 4 is 34.8 Å². The van der Waals surface area contributed by atoms with Crippen LogP contribution in [0.3, 0.4) is 0 Å². The zero-order valence-corrected chi connectivity index (χ0v) is 23.3. The molecule has 1 aromatic heterocycles. The van der Waals surface area contributed by atoms with E-state index >= 15 is 0 Å². The lowest BCUT2D eigenvalue weighted by Crippen LogP contribution is -2.18. The standard InChI is InChI=1S/C27H32Cl3N3O2/c1-25(2,3)19-15-17(16-20(21(19)34)26(4,5)6)11-10-14-35-24-32-22(18-12-8-7-9-13-18)31-23(33-24)27(28,29)30/h7-9,12-13,15-16,34H,10-11,14H2,1-6H3. The van der Waals surface area contributed by atoms with Crippen LogP contribution >= 0.6 is 34.8 Å². The summed E-state index contributed by atoms with van der Waals surface area (Å²) in [7, 11) is 0. The summed E-state index contributed by atoms with van der Waals surface area (Å²) in [6, 6.07) is 13.7. The predicted molar refractivity (Wildman–Crippen MR) is 144 cm³/mol. The number of hydrogen-bond acceptors (Lipinski definition) is 5. The molecule has 0 saturated carbocycles. The Morgan fingerprint density at radius 1 is 0.829 bits per heavy atom. The molecule has 0 fully saturated rings. The second-order valence-electron chi connectivity index (χ2n) is 10.6. The fourth-order valence-electron chi connectivity index (χ4n) is 3.69. The Hall–Kier alpha value is -2.08. The molecule has 188 valence electrons. The van der Waals surface area contributed by atoms with E-state index in [-0.39, 0.29) is 22.7 Å². The number of benzene rings is 2. The minimum Gasteiger partial charge on any atom is -0.507 e. The number of aromatic hydroxyl groups is 1. The molecule has 0 saturated heterocycles. The molecule has 0 unspecified atom stereocenters. The number of aromatic nitrogens is 3. The number of nitrogens with zero attached hydrogens (tertiary/aromatic N) is 3. The third-order valence-corrected chi connectivity index (χ3v) is 6.03. The zero-order valence-electron chi connectivity index (χ0n) is 21.0. The third kappa shape index (κ3) is 7.22. The molecule has 0 radical (unpaired) electrons. The van der Waals surface area contributed by atoms with Crippen molar-refractivity contribution in [3.05, 3.63) is 65.0 Å². The summed E-state index contributed by atoms with van der Waals surface area (Å²) in [5.74, 6) is 0.762. The Morgan fingerprint density at radius 3 is 1.91 bits per heavy atom. The van der Waals surface area contributed by atoms with E-state index in [0.717, 1.165) is 28.7 Å². The first-order valence-corrected chi connectivity index (χ1v) is 12.7. The normalized spacial score (nSPS) is 12.6. The molecule has 0 amide bonds. The van der Waals surface area contributed by atoms with Crippen LogP contribution in [0.4, 0.5) is 0 Å². The van der Waals surface area contributed by atoms with E-state index in [1.165, 1.54) is 0 Å². The molecule has 8 heteroatoms. The first-order valence-electron chi connectivity index (χ1n) is 11.5. The van der Waals surface area contributed by atoms with Crippen molar-refractivity contribution in [2.45, 2.75) is 69.0 Å². The van der Waals surface area contributed by atoms with Crippen LogP contribution in [0.15, 0.2) is 42.5 Å². The average Bonchev–Trinajstić information content (AvgIpc) is 2.76. The maximum atomic E-state index is 10.9. The third-order valence-electron chi connectivity index (χ3n) is 5.53. The summed E-state index contributed by atoms with van der Waals surface area (Å²) in [4.78, 5) is 12.9. The topological polar surface area (TPSA) is 68.1 Å². The lowest BCUT2D eigenvalue weighted by Gasteiger charge is -2.28. The van der Waals surface area contributed by atoms with Crippen LogP contribution in [0.25, 0.3) is 11.4 Å². The molecule has 1 N–H and O–H groups in total. The van der Waals surface area contributed by atoms with Crippen LogP contribution in [0, 0.1) is 0 Å². The van der Waals surface area contributed by atoms with Crippen molar-refractivity contribution in [3.8, 4) is 23.1 Å². The Bertz CT molecular complexity index is 1130. The summed E-state index contributed by atoms with van der Waals surface area (Å²) < 4.78 is 4.05. The number of rotatable bonds is 6. The second kappa shape index (κ2) is 10.5. The average molecular weight is 537 g/mol. The van der Waals surface area contributed by atoms with Gasteiger partial charge in [0.25, 0.3) is 0 Å². The van der Waals surface area contributed by atoms with E-state index in [9.17, 15) is 5.11 Å². The monoisotopic (exact) mass is 535 g/mol. The summed E-state index contributed by atoms with van der Waals surface area (Å²) in [6.45, 7) is 13.0. The quantitative estimate of drug-likeness (QED) is 0.258. The van der Waals surface area contributed by atoms with Gasteiger partial charge in [-0.05, 0) is 40.4 Å². The van der Waals surface area contributed by atoms with Gasteiger partial charge in [-0.3, -0.25) is 0 Å². The number of aryl methyl sites for hydroxylation is 1. The fraction of sp³-hybridized carbons (Fsp3) is 0.444. The molecule has 0 spiro atoms. The molecular weight excluding hydrogens is 505 g/mol. The van der Waals surface area contributed by atoms with Gasteiger partial charge in [0, 0.05) is 5.56 Å². The summed E-state index contributed by atoms with van der Waals surface area (Å²) in [5.41, 5.74) is 3.44. The minimum atomic E-state index is -1.80. The highest BCUT2D eigenvalue weighted by molar-refractivity contribution is 6.66. The number of ether oxygens (including phenoxy) is 1. The van der Waals surface area contributed by atoms with Gasteiger partial charge in [0.2, 0.25) is 3.79 Å². The van der Waals surface area contributed by atoms with E-state index in [1.807, 2.05) is 30.3 Å². The van der Waals surface area contributed by atoms with Crippen molar-refractivity contribution in [3.63, 3.8) is 0 Å². The van der Waals surface area contributed by atoms with Crippen LogP contribution in [-0.4, -0.2) is 26.7 Å². The van der Waals surface area contributed by atoms with Gasteiger partial charge in [-0.15, -0.1) is 0 Å². The lowest BCUT2D eigenvalue weighted by atomic mass is 9.78. The SMILES string of the molecule is CC(C)(C)c1cc(CCCOc2nc(-c3ccccc3)nc(C(Cl)(Cl)Cl)n2)cc(C(C)(C)C)c1O. The maximum absolute atomic E-state index is 10.9. The van der Waals surface area contributed by atoms with Gasteiger partial charge in [0.05, 0.1) is 6.61 Å². The predicted octanol–water partition coefficient (Wildman–Crippen LogP) is 7.68. The molecule has 5 nitrogen and oxygen atoms in total. The molecule has 0 aliphatic carbocycles. The summed E-state index contributed by atoms with van der Waals surface area (Å²) in [6.07, 6.45) is 1.48. The Kier molecular flexibility index (Phi) is 8.25. The van der Waals surface area contributed by atoms with Crippen molar-refractivity contribution in [1.82, 2.24) is 15.0 Å². The van der Waals surface area contributed by atoms with Gasteiger partial charge >= 0.3 is 6.01 Å².